The van der Waals surface area contributed by atoms with E-state index in [0.29, 0.717) is 16.6 Å². The molecule has 1 amide bonds. The van der Waals surface area contributed by atoms with Gasteiger partial charge in [0.2, 0.25) is 5.88 Å². The van der Waals surface area contributed by atoms with Gasteiger partial charge >= 0.3 is 17.3 Å². The summed E-state index contributed by atoms with van der Waals surface area (Å²) in [7, 11) is 1.34. The summed E-state index contributed by atoms with van der Waals surface area (Å²) >= 11 is 0. The van der Waals surface area contributed by atoms with Crippen molar-refractivity contribution in [3.05, 3.63) is 86.1 Å². The summed E-state index contributed by atoms with van der Waals surface area (Å²) in [6, 6.07) is 5.20. The van der Waals surface area contributed by atoms with E-state index < -0.39 is 63.9 Å². The Morgan fingerprint density at radius 3 is 2.43 bits per heavy atom. The smallest absolute Gasteiger partial charge is 0.410 e. The van der Waals surface area contributed by atoms with Gasteiger partial charge in [-0.2, -0.15) is 0 Å². The third kappa shape index (κ3) is 6.54. The first-order chi connectivity index (χ1) is 25.5. The SMILES string of the molecule is COc1nccc2ccc(F)c(-c3nc4c(cc3F)c(N3C[C@@H](C)N(C(=O)OC(C)(C)C)C[C@@H]3CO)c([N+](=O)[O-])c(=O)n4-c3c(C)ccnc3C(C)C)c12. The monoisotopic (exact) mass is 745 g/mol. The Labute approximate surface area is 309 Å². The van der Waals surface area contributed by atoms with E-state index in [-0.39, 0.29) is 58.2 Å². The Balaban J connectivity index is 1.74. The van der Waals surface area contributed by atoms with Gasteiger partial charge in [-0.05, 0) is 75.8 Å². The van der Waals surface area contributed by atoms with Crippen LogP contribution in [0, 0.1) is 28.7 Å². The second-order valence-electron chi connectivity index (χ2n) is 14.6. The number of carbonyl (C=O) groups excluding carboxylic acids is 1. The van der Waals surface area contributed by atoms with Gasteiger partial charge in [-0.15, -0.1) is 0 Å². The molecule has 0 radical (unpaired) electrons. The number of rotatable bonds is 7. The number of methoxy groups -OCH3 is 1. The molecule has 54 heavy (non-hydrogen) atoms. The van der Waals surface area contributed by atoms with Crippen molar-refractivity contribution in [1.82, 2.24) is 24.4 Å². The van der Waals surface area contributed by atoms with Crippen LogP contribution >= 0.6 is 0 Å². The lowest BCUT2D eigenvalue weighted by Gasteiger charge is -2.45. The number of hydrogen-bond acceptors (Lipinski definition) is 11. The molecule has 1 aromatic carbocycles. The number of pyridine rings is 4. The van der Waals surface area contributed by atoms with Gasteiger partial charge in [0, 0.05) is 31.5 Å². The van der Waals surface area contributed by atoms with Crippen LogP contribution < -0.4 is 15.2 Å². The lowest BCUT2D eigenvalue weighted by Crippen LogP contribution is -2.61. The summed E-state index contributed by atoms with van der Waals surface area (Å²) in [6.07, 6.45) is 2.34. The number of fused-ring (bicyclic) bond motifs is 2. The molecule has 1 fully saturated rings. The van der Waals surface area contributed by atoms with Crippen molar-refractivity contribution < 1.29 is 33.1 Å². The van der Waals surface area contributed by atoms with Gasteiger partial charge < -0.3 is 24.4 Å². The van der Waals surface area contributed by atoms with Gasteiger partial charge in [0.1, 0.15) is 28.6 Å². The standard InChI is InChI=1S/C38H41F2N7O7/c1-19(2)29-31(20(3)11-13-41-29)46-34-24(15-26(40)30(43-34)28-25(39)10-9-22-12-14-42-35(53-8)27(22)28)32(33(36(46)49)47(51)52)45-16-21(4)44(17-23(45)18-48)37(50)54-38(5,6)7/h9-15,19,21,23,48H,16-18H2,1-8H3/t21-,23-/m1/s1. The number of aliphatic hydroxyl groups excluding tert-OH is 1. The Bertz CT molecular complexity index is 2380. The maximum absolute atomic E-state index is 16.8. The van der Waals surface area contributed by atoms with Gasteiger partial charge in [-0.3, -0.25) is 24.5 Å². The molecule has 0 spiro atoms. The van der Waals surface area contributed by atoms with Crippen LogP contribution in [0.1, 0.15) is 58.7 Å². The van der Waals surface area contributed by atoms with Crippen LogP contribution in [0.5, 0.6) is 5.88 Å². The summed E-state index contributed by atoms with van der Waals surface area (Å²) < 4.78 is 44.9. The third-order valence-corrected chi connectivity index (χ3v) is 9.40. The van der Waals surface area contributed by atoms with Gasteiger partial charge in [-0.1, -0.05) is 19.9 Å². The first-order valence-electron chi connectivity index (χ1n) is 17.4. The van der Waals surface area contributed by atoms with E-state index in [0.717, 1.165) is 16.7 Å². The highest BCUT2D eigenvalue weighted by Crippen LogP contribution is 2.42. The number of aliphatic hydroxyl groups is 1. The summed E-state index contributed by atoms with van der Waals surface area (Å²) in [5.41, 5.74) is -3.06. The number of anilines is 1. The average molecular weight is 746 g/mol. The number of amides is 1. The molecule has 1 aliphatic rings. The zero-order chi connectivity index (χ0) is 39.4. The molecule has 1 N–H and O–H groups in total. The minimum absolute atomic E-state index is 0.00194. The molecule has 1 saturated heterocycles. The minimum atomic E-state index is -1.11. The van der Waals surface area contributed by atoms with Crippen molar-refractivity contribution in [3.8, 4) is 22.8 Å². The van der Waals surface area contributed by atoms with E-state index in [4.69, 9.17) is 9.47 Å². The number of hydrogen-bond donors (Lipinski definition) is 1. The minimum Gasteiger partial charge on any atom is -0.481 e. The molecular weight excluding hydrogens is 704 g/mol. The topological polar surface area (TPSA) is 166 Å². The van der Waals surface area contributed by atoms with Crippen LogP contribution in [0.25, 0.3) is 38.8 Å². The number of aromatic nitrogens is 4. The lowest BCUT2D eigenvalue weighted by atomic mass is 10.00. The summed E-state index contributed by atoms with van der Waals surface area (Å²) in [4.78, 5) is 56.4. The number of nitrogens with zero attached hydrogens (tertiary/aromatic N) is 7. The van der Waals surface area contributed by atoms with Gasteiger partial charge in [0.15, 0.2) is 5.65 Å². The average Bonchev–Trinajstić information content (AvgIpc) is 3.10. The zero-order valence-electron chi connectivity index (χ0n) is 31.2. The Morgan fingerprint density at radius 2 is 1.80 bits per heavy atom. The van der Waals surface area contributed by atoms with Crippen molar-refractivity contribution in [2.45, 2.75) is 72.1 Å². The van der Waals surface area contributed by atoms with Crippen molar-refractivity contribution in [2.24, 2.45) is 0 Å². The van der Waals surface area contributed by atoms with Crippen molar-refractivity contribution in [3.63, 3.8) is 0 Å². The number of benzene rings is 1. The normalized spacial score (nSPS) is 16.4. The fourth-order valence-corrected chi connectivity index (χ4v) is 7.02. The molecule has 14 nitrogen and oxygen atoms in total. The Morgan fingerprint density at radius 1 is 1.09 bits per heavy atom. The van der Waals surface area contributed by atoms with Crippen LogP contribution in [0.3, 0.4) is 0 Å². The molecular formula is C38H41F2N7O7. The third-order valence-electron chi connectivity index (χ3n) is 9.40. The van der Waals surface area contributed by atoms with E-state index in [1.165, 1.54) is 29.2 Å². The summed E-state index contributed by atoms with van der Waals surface area (Å²) in [5, 5.41) is 24.2. The fourth-order valence-electron chi connectivity index (χ4n) is 7.02. The highest BCUT2D eigenvalue weighted by molar-refractivity contribution is 6.02. The predicted octanol–water partition coefficient (Wildman–Crippen LogP) is 6.43. The van der Waals surface area contributed by atoms with E-state index in [2.05, 4.69) is 15.0 Å². The molecule has 16 heteroatoms. The largest absolute Gasteiger partial charge is 0.481 e. The van der Waals surface area contributed by atoms with E-state index in [1.54, 1.807) is 52.9 Å². The first kappa shape index (κ1) is 38.0. The second kappa shape index (κ2) is 14.2. The molecule has 6 rings (SSSR count). The molecule has 5 aromatic rings. The molecule has 0 bridgehead atoms. The number of carbonyl (C=O) groups is 1. The van der Waals surface area contributed by atoms with Gasteiger partial charge in [0.05, 0.1) is 52.4 Å². The van der Waals surface area contributed by atoms with Crippen LogP contribution in [0.4, 0.5) is 25.0 Å². The van der Waals surface area contributed by atoms with Crippen molar-refractivity contribution in [2.75, 3.05) is 31.7 Å². The molecule has 5 heterocycles. The number of nitro groups is 1. The quantitative estimate of drug-likeness (QED) is 0.144. The van der Waals surface area contributed by atoms with Crippen LogP contribution in [0.15, 0.2) is 47.5 Å². The number of aryl methyl sites for hydroxylation is 1. The maximum atomic E-state index is 16.8. The molecule has 2 atom stereocenters. The van der Waals surface area contributed by atoms with E-state index in [1.807, 2.05) is 13.8 Å². The first-order valence-corrected chi connectivity index (χ1v) is 17.4. The maximum Gasteiger partial charge on any atom is 0.410 e. The lowest BCUT2D eigenvalue weighted by molar-refractivity contribution is -0.385. The molecule has 0 unspecified atom stereocenters. The van der Waals surface area contributed by atoms with Crippen molar-refractivity contribution in [1.29, 1.82) is 0 Å². The van der Waals surface area contributed by atoms with Crippen LogP contribution in [-0.4, -0.2) is 85.0 Å². The summed E-state index contributed by atoms with van der Waals surface area (Å²) in [6.45, 7) is 11.3. The van der Waals surface area contributed by atoms with Crippen LogP contribution in [-0.2, 0) is 4.74 Å². The predicted molar refractivity (Wildman–Crippen MR) is 198 cm³/mol. The van der Waals surface area contributed by atoms with Gasteiger partial charge in [-0.25, -0.2) is 23.5 Å². The van der Waals surface area contributed by atoms with Gasteiger partial charge in [0.25, 0.3) is 0 Å². The molecule has 0 aliphatic carbocycles. The van der Waals surface area contributed by atoms with E-state index >= 15 is 8.78 Å². The second-order valence-corrected chi connectivity index (χ2v) is 14.6. The zero-order valence-corrected chi connectivity index (χ0v) is 31.2. The highest BCUT2D eigenvalue weighted by atomic mass is 19.1. The molecule has 284 valence electrons. The fraction of sp³-hybridized carbons (Fsp3) is 0.395. The number of piperazine rings is 1. The molecule has 4 aromatic heterocycles. The molecule has 1 aliphatic heterocycles. The number of ether oxygens (including phenoxy) is 2. The highest BCUT2D eigenvalue weighted by Gasteiger charge is 2.42. The van der Waals surface area contributed by atoms with Crippen LogP contribution in [0.2, 0.25) is 0 Å². The van der Waals surface area contributed by atoms with E-state index in [9.17, 15) is 24.8 Å². The molecule has 0 saturated carbocycles. The Kier molecular flexibility index (Phi) is 10.0. The Hall–Kier alpha value is -5.77. The number of halogens is 2. The van der Waals surface area contributed by atoms with Crippen molar-refractivity contribution >= 4 is 39.3 Å². The summed E-state index contributed by atoms with van der Waals surface area (Å²) in [5.74, 6) is -2.21.